The Labute approximate surface area is 121 Å². The normalized spacial score (nSPS) is 19.6. The summed E-state index contributed by atoms with van der Waals surface area (Å²) in [5.41, 5.74) is -0.0254. The second-order valence-electron chi connectivity index (χ2n) is 4.76. The fourth-order valence-electron chi connectivity index (χ4n) is 2.24. The Morgan fingerprint density at radius 2 is 2.23 bits per heavy atom. The number of halogens is 3. The number of aromatic nitrogens is 3. The highest BCUT2D eigenvalue weighted by atomic mass is 19.4. The number of carbonyl (C=O) groups is 1. The Hall–Kier alpha value is -2.36. The third kappa shape index (κ3) is 2.56. The van der Waals surface area contributed by atoms with Gasteiger partial charge in [-0.05, 0) is 6.07 Å². The van der Waals surface area contributed by atoms with Gasteiger partial charge in [0.25, 0.3) is 0 Å². The highest BCUT2D eigenvalue weighted by Gasteiger charge is 2.43. The molecule has 1 N–H and O–H groups in total. The van der Waals surface area contributed by atoms with Crippen molar-refractivity contribution < 1.29 is 27.8 Å². The first-order valence-electron chi connectivity index (χ1n) is 6.37. The van der Waals surface area contributed by atoms with Crippen LogP contribution in [0.15, 0.2) is 18.5 Å². The molecule has 1 aliphatic heterocycles. The molecule has 0 saturated carbocycles. The van der Waals surface area contributed by atoms with Crippen LogP contribution in [0.25, 0.3) is 5.65 Å². The van der Waals surface area contributed by atoms with E-state index in [0.29, 0.717) is 0 Å². The lowest BCUT2D eigenvalue weighted by atomic mass is 10.2. The topological polar surface area (TPSA) is 80.0 Å². The van der Waals surface area contributed by atoms with E-state index >= 15 is 0 Å². The molecular weight excluding hydrogens is 305 g/mol. The van der Waals surface area contributed by atoms with Gasteiger partial charge in [-0.1, -0.05) is 0 Å². The molecule has 10 heteroatoms. The largest absolute Gasteiger partial charge is 0.477 e. The van der Waals surface area contributed by atoms with Gasteiger partial charge in [-0.2, -0.15) is 18.3 Å². The number of anilines is 1. The number of carboxylic acid groups (broad SMARTS) is 1. The van der Waals surface area contributed by atoms with Crippen LogP contribution in [-0.4, -0.2) is 57.7 Å². The molecule has 2 aromatic rings. The number of hydrogen-bond acceptors (Lipinski definition) is 5. The Morgan fingerprint density at radius 1 is 1.45 bits per heavy atom. The van der Waals surface area contributed by atoms with Crippen molar-refractivity contribution in [3.05, 3.63) is 24.0 Å². The number of fused-ring (bicyclic) bond motifs is 1. The van der Waals surface area contributed by atoms with Crippen molar-refractivity contribution in [2.45, 2.75) is 12.3 Å². The molecule has 0 aliphatic carbocycles. The van der Waals surface area contributed by atoms with Crippen molar-refractivity contribution in [1.29, 1.82) is 0 Å². The van der Waals surface area contributed by atoms with Crippen LogP contribution in [0, 0.1) is 0 Å². The zero-order chi connectivity index (χ0) is 15.9. The molecule has 3 heterocycles. The fraction of sp³-hybridized carbons (Fsp3) is 0.417. The number of morpholine rings is 1. The average molecular weight is 316 g/mol. The van der Waals surface area contributed by atoms with Gasteiger partial charge < -0.3 is 14.7 Å². The van der Waals surface area contributed by atoms with Gasteiger partial charge in [0.15, 0.2) is 11.8 Å². The summed E-state index contributed by atoms with van der Waals surface area (Å²) in [6.45, 7) is -0.225. The molecule has 2 aromatic heterocycles. The van der Waals surface area contributed by atoms with Gasteiger partial charge in [-0.25, -0.2) is 14.3 Å². The van der Waals surface area contributed by atoms with E-state index < -0.39 is 18.2 Å². The molecule has 22 heavy (non-hydrogen) atoms. The Balaban J connectivity index is 1.92. The SMILES string of the molecule is O=C(O)c1cnn2ccc(N3CCOC(C(F)(F)F)C3)nc12. The lowest BCUT2D eigenvalue weighted by Crippen LogP contribution is -2.49. The minimum Gasteiger partial charge on any atom is -0.477 e. The highest BCUT2D eigenvalue weighted by Crippen LogP contribution is 2.27. The minimum atomic E-state index is -4.45. The molecule has 1 saturated heterocycles. The number of nitrogens with zero attached hydrogens (tertiary/aromatic N) is 4. The van der Waals surface area contributed by atoms with Crippen LogP contribution in [-0.2, 0) is 4.74 Å². The minimum absolute atomic E-state index is 0.0813. The maximum absolute atomic E-state index is 12.7. The molecule has 1 fully saturated rings. The number of hydrogen-bond donors (Lipinski definition) is 1. The molecule has 0 spiro atoms. The van der Waals surface area contributed by atoms with E-state index in [0.717, 1.165) is 6.20 Å². The third-order valence-electron chi connectivity index (χ3n) is 3.34. The second-order valence-corrected chi connectivity index (χ2v) is 4.76. The molecular formula is C12H11F3N4O3. The van der Waals surface area contributed by atoms with E-state index in [-0.39, 0.29) is 36.7 Å². The molecule has 7 nitrogen and oxygen atoms in total. The number of carboxylic acids is 1. The van der Waals surface area contributed by atoms with E-state index in [1.54, 1.807) is 0 Å². The van der Waals surface area contributed by atoms with E-state index in [9.17, 15) is 18.0 Å². The van der Waals surface area contributed by atoms with Gasteiger partial charge in [0.1, 0.15) is 11.4 Å². The quantitative estimate of drug-likeness (QED) is 0.896. The molecule has 3 rings (SSSR count). The summed E-state index contributed by atoms with van der Waals surface area (Å²) in [7, 11) is 0. The van der Waals surface area contributed by atoms with E-state index in [2.05, 4.69) is 10.1 Å². The number of aromatic carboxylic acids is 1. The Bertz CT molecular complexity index is 715. The highest BCUT2D eigenvalue weighted by molar-refractivity contribution is 5.94. The van der Waals surface area contributed by atoms with Gasteiger partial charge in [0.2, 0.25) is 0 Å². The summed E-state index contributed by atoms with van der Waals surface area (Å²) in [5.74, 6) is -0.942. The summed E-state index contributed by atoms with van der Waals surface area (Å²) in [5, 5.41) is 12.9. The summed E-state index contributed by atoms with van der Waals surface area (Å²) >= 11 is 0. The molecule has 0 radical (unpaired) electrons. The smallest absolute Gasteiger partial charge is 0.416 e. The average Bonchev–Trinajstić information content (AvgIpc) is 2.89. The number of alkyl halides is 3. The molecule has 1 atom stereocenters. The molecule has 0 bridgehead atoms. The lowest BCUT2D eigenvalue weighted by molar-refractivity contribution is -0.221. The van der Waals surface area contributed by atoms with Crippen LogP contribution in [0.2, 0.25) is 0 Å². The predicted molar refractivity (Wildman–Crippen MR) is 68.0 cm³/mol. The first-order chi connectivity index (χ1) is 10.4. The maximum Gasteiger partial charge on any atom is 0.416 e. The predicted octanol–water partition coefficient (Wildman–Crippen LogP) is 1.19. The summed E-state index contributed by atoms with van der Waals surface area (Å²) in [4.78, 5) is 16.6. The summed E-state index contributed by atoms with van der Waals surface area (Å²) in [6.07, 6.45) is -3.73. The second kappa shape index (κ2) is 5.13. The number of rotatable bonds is 2. The molecule has 1 unspecified atom stereocenters. The van der Waals surface area contributed by atoms with E-state index in [1.165, 1.54) is 21.7 Å². The van der Waals surface area contributed by atoms with Gasteiger partial charge in [-0.3, -0.25) is 0 Å². The maximum atomic E-state index is 12.7. The Morgan fingerprint density at radius 3 is 2.91 bits per heavy atom. The van der Waals surface area contributed by atoms with E-state index in [1.807, 2.05) is 0 Å². The van der Waals surface area contributed by atoms with Crippen molar-refractivity contribution in [1.82, 2.24) is 14.6 Å². The number of ether oxygens (including phenoxy) is 1. The third-order valence-corrected chi connectivity index (χ3v) is 3.34. The van der Waals surface area contributed by atoms with Crippen LogP contribution in [0.3, 0.4) is 0 Å². The lowest BCUT2D eigenvalue weighted by Gasteiger charge is -2.34. The standard InChI is InChI=1S/C12H11F3N4O3/c13-12(14,15)8-6-18(3-4-22-8)9-1-2-19-10(17-9)7(5-16-19)11(20)21/h1-2,5,8H,3-4,6H2,(H,20,21). The van der Waals surface area contributed by atoms with Gasteiger partial charge in [0, 0.05) is 12.7 Å². The van der Waals surface area contributed by atoms with Gasteiger partial charge in [-0.15, -0.1) is 0 Å². The monoisotopic (exact) mass is 316 g/mol. The molecule has 0 amide bonds. The van der Waals surface area contributed by atoms with Crippen LogP contribution < -0.4 is 4.90 Å². The van der Waals surface area contributed by atoms with Crippen LogP contribution in [0.5, 0.6) is 0 Å². The summed E-state index contributed by atoms with van der Waals surface area (Å²) < 4.78 is 44.2. The van der Waals surface area contributed by atoms with Crippen molar-refractivity contribution in [2.75, 3.05) is 24.6 Å². The van der Waals surface area contributed by atoms with Crippen molar-refractivity contribution in [3.63, 3.8) is 0 Å². The molecule has 1 aliphatic rings. The van der Waals surface area contributed by atoms with Crippen molar-refractivity contribution in [3.8, 4) is 0 Å². The van der Waals surface area contributed by atoms with Gasteiger partial charge >= 0.3 is 12.1 Å². The van der Waals surface area contributed by atoms with E-state index in [4.69, 9.17) is 9.84 Å². The fourth-order valence-corrected chi connectivity index (χ4v) is 2.24. The van der Waals surface area contributed by atoms with Gasteiger partial charge in [0.05, 0.1) is 19.3 Å². The van der Waals surface area contributed by atoms with Crippen LogP contribution in [0.4, 0.5) is 19.0 Å². The first-order valence-corrected chi connectivity index (χ1v) is 6.37. The van der Waals surface area contributed by atoms with Crippen molar-refractivity contribution in [2.24, 2.45) is 0 Å². The van der Waals surface area contributed by atoms with Crippen LogP contribution in [0.1, 0.15) is 10.4 Å². The first kappa shape index (κ1) is 14.6. The zero-order valence-corrected chi connectivity index (χ0v) is 11.1. The summed E-state index contributed by atoms with van der Waals surface area (Å²) in [6, 6.07) is 1.49. The van der Waals surface area contributed by atoms with Crippen LogP contribution >= 0.6 is 0 Å². The Kier molecular flexibility index (Phi) is 3.39. The molecule has 0 aromatic carbocycles. The molecule has 118 valence electrons. The van der Waals surface area contributed by atoms with Crippen molar-refractivity contribution >= 4 is 17.4 Å². The zero-order valence-electron chi connectivity index (χ0n) is 11.1.